The summed E-state index contributed by atoms with van der Waals surface area (Å²) >= 11 is 0. The van der Waals surface area contributed by atoms with Crippen LogP contribution in [0.2, 0.25) is 0 Å². The Kier molecular flexibility index (Phi) is 3.50. The topological polar surface area (TPSA) is 42.0 Å². The summed E-state index contributed by atoms with van der Waals surface area (Å²) in [4.78, 5) is 16.0. The first-order valence-corrected chi connectivity index (χ1v) is 5.82. The summed E-state index contributed by atoms with van der Waals surface area (Å²) in [5.41, 5.74) is 1.69. The lowest BCUT2D eigenvalue weighted by atomic mass is 10.2. The summed E-state index contributed by atoms with van der Waals surface area (Å²) in [7, 11) is 2.58. The van der Waals surface area contributed by atoms with Crippen LogP contribution in [0.1, 0.15) is 15.9 Å². The number of nitrogens with zero attached hydrogens (tertiary/aromatic N) is 1. The normalized spacial score (nSPS) is 10.0. The van der Waals surface area contributed by atoms with E-state index in [0.717, 1.165) is 10.9 Å². The highest BCUT2D eigenvalue weighted by molar-refractivity contribution is 7.27. The molecule has 0 fully saturated rings. The molecule has 0 radical (unpaired) electrons. The zero-order valence-corrected chi connectivity index (χ0v) is 10.6. The number of anilines is 1. The van der Waals surface area contributed by atoms with E-state index in [1.807, 2.05) is 31.2 Å². The summed E-state index contributed by atoms with van der Waals surface area (Å²) in [5.74, 6) is 0.429. The van der Waals surface area contributed by atoms with Gasteiger partial charge in [-0.25, -0.2) is 4.98 Å². The van der Waals surface area contributed by atoms with Crippen LogP contribution in [-0.4, -0.2) is 10.9 Å². The summed E-state index contributed by atoms with van der Waals surface area (Å²) in [6, 6.07) is 11.0. The van der Waals surface area contributed by atoms with Crippen molar-refractivity contribution in [3.63, 3.8) is 0 Å². The quantitative estimate of drug-likeness (QED) is 0.822. The molecule has 1 aromatic heterocycles. The predicted octanol–water partition coefficient (Wildman–Crippen LogP) is 2.14. The summed E-state index contributed by atoms with van der Waals surface area (Å²) < 4.78 is 0. The Morgan fingerprint density at radius 1 is 1.24 bits per heavy atom. The molecule has 0 bridgehead atoms. The maximum absolute atomic E-state index is 11.9. The largest absolute Gasteiger partial charge is 0.307 e. The van der Waals surface area contributed by atoms with E-state index in [-0.39, 0.29) is 5.91 Å². The summed E-state index contributed by atoms with van der Waals surface area (Å²) in [6.07, 6.45) is 1.68. The first-order chi connectivity index (χ1) is 8.15. The number of amides is 1. The molecule has 0 aliphatic rings. The predicted molar refractivity (Wildman–Crippen MR) is 72.7 cm³/mol. The maximum Gasteiger partial charge on any atom is 0.256 e. The monoisotopic (exact) mass is 244 g/mol. The highest BCUT2D eigenvalue weighted by Gasteiger charge is 2.05. The molecule has 1 N–H and O–H groups in total. The molecule has 2 rings (SSSR count). The molecular formula is C13H13N2OP. The van der Waals surface area contributed by atoms with Gasteiger partial charge in [0.25, 0.3) is 5.91 Å². The molecule has 0 aliphatic carbocycles. The van der Waals surface area contributed by atoms with Gasteiger partial charge in [0.15, 0.2) is 0 Å². The van der Waals surface area contributed by atoms with Gasteiger partial charge in [-0.05, 0) is 42.1 Å². The molecule has 0 saturated heterocycles. The minimum atomic E-state index is -0.145. The lowest BCUT2D eigenvalue weighted by Gasteiger charge is -2.05. The molecule has 17 heavy (non-hydrogen) atoms. The zero-order valence-electron chi connectivity index (χ0n) is 9.47. The van der Waals surface area contributed by atoms with Gasteiger partial charge in [0.2, 0.25) is 0 Å². The minimum Gasteiger partial charge on any atom is -0.307 e. The fourth-order valence-corrected chi connectivity index (χ4v) is 1.62. The van der Waals surface area contributed by atoms with Gasteiger partial charge in [-0.15, -0.1) is 9.24 Å². The van der Waals surface area contributed by atoms with Gasteiger partial charge in [-0.2, -0.15) is 0 Å². The molecule has 3 nitrogen and oxygen atoms in total. The fourth-order valence-electron chi connectivity index (χ4n) is 1.43. The van der Waals surface area contributed by atoms with E-state index in [4.69, 9.17) is 0 Å². The number of rotatable bonds is 2. The van der Waals surface area contributed by atoms with Gasteiger partial charge in [0.05, 0.1) is 0 Å². The number of nitrogens with one attached hydrogen (secondary N) is 1. The Morgan fingerprint density at radius 3 is 2.59 bits per heavy atom. The molecule has 2 aromatic rings. The second kappa shape index (κ2) is 5.07. The Labute approximate surface area is 102 Å². The van der Waals surface area contributed by atoms with Gasteiger partial charge in [0.1, 0.15) is 5.82 Å². The van der Waals surface area contributed by atoms with Crippen LogP contribution in [0.5, 0.6) is 0 Å². The number of benzene rings is 1. The van der Waals surface area contributed by atoms with Crippen molar-refractivity contribution in [1.29, 1.82) is 0 Å². The van der Waals surface area contributed by atoms with Gasteiger partial charge >= 0.3 is 0 Å². The number of pyridine rings is 1. The van der Waals surface area contributed by atoms with Crippen LogP contribution in [0.25, 0.3) is 0 Å². The highest BCUT2D eigenvalue weighted by atomic mass is 31.0. The third-order valence-electron chi connectivity index (χ3n) is 2.33. The van der Waals surface area contributed by atoms with Crippen molar-refractivity contribution in [2.24, 2.45) is 0 Å². The van der Waals surface area contributed by atoms with E-state index < -0.39 is 0 Å². The van der Waals surface area contributed by atoms with Crippen molar-refractivity contribution >= 4 is 26.3 Å². The second-order valence-corrected chi connectivity index (χ2v) is 4.46. The average molecular weight is 244 g/mol. The van der Waals surface area contributed by atoms with Crippen LogP contribution >= 0.6 is 9.24 Å². The molecular weight excluding hydrogens is 231 g/mol. The van der Waals surface area contributed by atoms with Crippen LogP contribution < -0.4 is 10.6 Å². The first-order valence-electron chi connectivity index (χ1n) is 5.25. The average Bonchev–Trinajstić information content (AvgIpc) is 2.29. The summed E-state index contributed by atoms with van der Waals surface area (Å²) in [6.45, 7) is 1.96. The van der Waals surface area contributed by atoms with Crippen molar-refractivity contribution in [1.82, 2.24) is 4.98 Å². The van der Waals surface area contributed by atoms with E-state index in [1.54, 1.807) is 18.3 Å². The Bertz CT molecular complexity index is 537. The maximum atomic E-state index is 11.9. The third kappa shape index (κ3) is 3.11. The number of carbonyl (C=O) groups is 1. The van der Waals surface area contributed by atoms with Crippen LogP contribution in [0.15, 0.2) is 42.6 Å². The van der Waals surface area contributed by atoms with Crippen molar-refractivity contribution in [2.45, 2.75) is 6.92 Å². The SMILES string of the molecule is Cc1ccnc(NC(=O)c2ccc(P)cc2)c1. The smallest absolute Gasteiger partial charge is 0.256 e. The molecule has 1 aromatic carbocycles. The lowest BCUT2D eigenvalue weighted by Crippen LogP contribution is -2.13. The molecule has 1 heterocycles. The van der Waals surface area contributed by atoms with E-state index in [9.17, 15) is 4.79 Å². The van der Waals surface area contributed by atoms with Gasteiger partial charge in [0, 0.05) is 11.8 Å². The molecule has 1 atom stereocenters. The van der Waals surface area contributed by atoms with Crippen LogP contribution in [0.4, 0.5) is 5.82 Å². The van der Waals surface area contributed by atoms with Crippen LogP contribution in [-0.2, 0) is 0 Å². The van der Waals surface area contributed by atoms with E-state index in [0.29, 0.717) is 11.4 Å². The van der Waals surface area contributed by atoms with E-state index in [1.165, 1.54) is 0 Å². The minimum absolute atomic E-state index is 0.145. The van der Waals surface area contributed by atoms with Gasteiger partial charge < -0.3 is 5.32 Å². The molecule has 1 amide bonds. The van der Waals surface area contributed by atoms with E-state index in [2.05, 4.69) is 19.5 Å². The van der Waals surface area contributed by atoms with Crippen molar-refractivity contribution in [2.75, 3.05) is 5.32 Å². The summed E-state index contributed by atoms with van der Waals surface area (Å²) in [5, 5.41) is 3.81. The van der Waals surface area contributed by atoms with Crippen molar-refractivity contribution in [3.8, 4) is 0 Å². The van der Waals surface area contributed by atoms with Gasteiger partial charge in [-0.1, -0.05) is 12.1 Å². The Balaban J connectivity index is 2.14. The number of hydrogen-bond donors (Lipinski definition) is 1. The highest BCUT2D eigenvalue weighted by Crippen LogP contribution is 2.08. The lowest BCUT2D eigenvalue weighted by molar-refractivity contribution is 0.102. The van der Waals surface area contributed by atoms with Gasteiger partial charge in [-0.3, -0.25) is 4.79 Å². The van der Waals surface area contributed by atoms with Crippen molar-refractivity contribution in [3.05, 3.63) is 53.7 Å². The van der Waals surface area contributed by atoms with Crippen LogP contribution in [0.3, 0.4) is 0 Å². The molecule has 0 spiro atoms. The number of hydrogen-bond acceptors (Lipinski definition) is 2. The Morgan fingerprint density at radius 2 is 1.94 bits per heavy atom. The molecule has 1 unspecified atom stereocenters. The fraction of sp³-hybridized carbons (Fsp3) is 0.0769. The second-order valence-electron chi connectivity index (χ2n) is 3.79. The first kappa shape index (κ1) is 11.7. The zero-order chi connectivity index (χ0) is 12.3. The molecule has 0 aliphatic heterocycles. The number of aromatic nitrogens is 1. The van der Waals surface area contributed by atoms with Crippen molar-refractivity contribution < 1.29 is 4.79 Å². The van der Waals surface area contributed by atoms with E-state index >= 15 is 0 Å². The Hall–Kier alpha value is -1.73. The third-order valence-corrected chi connectivity index (χ3v) is 2.71. The van der Waals surface area contributed by atoms with Crippen LogP contribution in [0, 0.1) is 6.92 Å². The molecule has 86 valence electrons. The standard InChI is InChI=1S/C13H13N2OP/c1-9-6-7-14-12(8-9)15-13(16)10-2-4-11(17)5-3-10/h2-8H,17H2,1H3,(H,14,15,16). The molecule has 4 heteroatoms. The number of aryl methyl sites for hydroxylation is 1. The molecule has 0 saturated carbocycles. The number of carbonyl (C=O) groups excluding carboxylic acids is 1.